The molecule has 14 heteroatoms. The summed E-state index contributed by atoms with van der Waals surface area (Å²) in [5.41, 5.74) is 5.09. The average molecular weight is 561 g/mol. The van der Waals surface area contributed by atoms with Crippen molar-refractivity contribution in [3.8, 4) is 0 Å². The van der Waals surface area contributed by atoms with Crippen molar-refractivity contribution < 1.29 is 94.6 Å². The molecule has 0 amide bonds. The smallest absolute Gasteiger partial charge is 0.744 e. The van der Waals surface area contributed by atoms with Gasteiger partial charge in [-0.3, -0.25) is 9.59 Å². The molecule has 0 saturated heterocycles. The van der Waals surface area contributed by atoms with Gasteiger partial charge in [-0.1, -0.05) is 30.3 Å². The van der Waals surface area contributed by atoms with Gasteiger partial charge >= 0.3 is 59.1 Å². The number of nitrogens with two attached hydrogens (primary N) is 1. The normalized spacial score (nSPS) is 12.7. The van der Waals surface area contributed by atoms with Crippen LogP contribution < -0.4 is 70.2 Å². The zero-order chi connectivity index (χ0) is 26.0. The predicted molar refractivity (Wildman–Crippen MR) is 124 cm³/mol. The van der Waals surface area contributed by atoms with Crippen molar-refractivity contribution in [3.05, 3.63) is 75.3 Å². The molecule has 0 aliphatic heterocycles. The minimum Gasteiger partial charge on any atom is -0.744 e. The molecule has 1 aliphatic carbocycles. The van der Waals surface area contributed by atoms with Gasteiger partial charge in [0.25, 0.3) is 0 Å². The summed E-state index contributed by atoms with van der Waals surface area (Å²) >= 11 is 0. The number of aryl methyl sites for hydroxylation is 2. The third-order valence-electron chi connectivity index (χ3n) is 5.88. The molecular weight excluding hydrogens is 542 g/mol. The van der Waals surface area contributed by atoms with Crippen LogP contribution in [-0.2, 0) is 20.2 Å². The predicted octanol–water partition coefficient (Wildman–Crippen LogP) is -3.47. The van der Waals surface area contributed by atoms with Gasteiger partial charge in [0.05, 0.1) is 32.3 Å². The van der Waals surface area contributed by atoms with Crippen molar-refractivity contribution in [1.82, 2.24) is 0 Å². The quantitative estimate of drug-likeness (QED) is 0.144. The maximum atomic E-state index is 13.4. The van der Waals surface area contributed by atoms with E-state index in [2.05, 4.69) is 5.32 Å². The van der Waals surface area contributed by atoms with E-state index in [-0.39, 0.29) is 98.3 Å². The van der Waals surface area contributed by atoms with Crippen LogP contribution in [0.25, 0.3) is 0 Å². The zero-order valence-electron chi connectivity index (χ0n) is 20.6. The van der Waals surface area contributed by atoms with E-state index in [0.29, 0.717) is 5.56 Å². The maximum Gasteiger partial charge on any atom is 1.00 e. The standard InChI is InChI=1S/C23H20N2O8S2.2Na/c1-10-8-11(2)23(35(31,32)33)12(3)20(10)25-15-9-16(34(28,29)30)19(24)18-17(15)21(26)13-6-4-5-7-14(13)22(18)27;;/h4-9,25H,24H2,1-3H3,(H,28,29,30)(H,31,32,33);;/q;2*+1/p-2. The maximum absolute atomic E-state index is 13.4. The number of ketones is 2. The van der Waals surface area contributed by atoms with Crippen LogP contribution in [0.3, 0.4) is 0 Å². The first-order valence-corrected chi connectivity index (χ1v) is 12.9. The van der Waals surface area contributed by atoms with Crippen molar-refractivity contribution in [2.45, 2.75) is 30.6 Å². The number of carbonyl (C=O) groups excluding carboxylic acids is 2. The van der Waals surface area contributed by atoms with E-state index < -0.39 is 52.8 Å². The van der Waals surface area contributed by atoms with E-state index in [1.54, 1.807) is 13.0 Å². The molecule has 0 heterocycles. The summed E-state index contributed by atoms with van der Waals surface area (Å²) in [5.74, 6) is -1.40. The number of hydrogen-bond donors (Lipinski definition) is 2. The molecule has 4 rings (SSSR count). The van der Waals surface area contributed by atoms with Crippen molar-refractivity contribution in [3.63, 3.8) is 0 Å². The SMILES string of the molecule is Cc1cc(C)c(S(=O)(=O)[O-])c(C)c1Nc1cc(S(=O)(=O)[O-])c(N)c2c1C(=O)c1ccccc1C2=O.[Na+].[Na+]. The average Bonchev–Trinajstić information content (AvgIpc) is 2.73. The van der Waals surface area contributed by atoms with E-state index in [0.717, 1.165) is 6.07 Å². The summed E-state index contributed by atoms with van der Waals surface area (Å²) in [7, 11) is -10.1. The third-order valence-corrected chi connectivity index (χ3v) is 7.88. The van der Waals surface area contributed by atoms with Gasteiger partial charge in [-0.2, -0.15) is 0 Å². The van der Waals surface area contributed by atoms with Gasteiger partial charge in [0, 0.05) is 16.8 Å². The Morgan fingerprint density at radius 1 is 0.784 bits per heavy atom. The van der Waals surface area contributed by atoms with Gasteiger partial charge in [-0.05, 0) is 43.5 Å². The molecule has 3 N–H and O–H groups in total. The second-order valence-corrected chi connectivity index (χ2v) is 10.8. The first-order valence-electron chi connectivity index (χ1n) is 10.1. The molecule has 3 aromatic rings. The number of hydrogen-bond acceptors (Lipinski definition) is 10. The number of anilines is 3. The molecule has 37 heavy (non-hydrogen) atoms. The Morgan fingerprint density at radius 2 is 1.30 bits per heavy atom. The van der Waals surface area contributed by atoms with Crippen LogP contribution in [-0.4, -0.2) is 37.5 Å². The van der Waals surface area contributed by atoms with Crippen molar-refractivity contribution in [1.29, 1.82) is 0 Å². The summed E-state index contributed by atoms with van der Waals surface area (Å²) in [4.78, 5) is 25.2. The van der Waals surface area contributed by atoms with Crippen molar-refractivity contribution in [2.24, 2.45) is 0 Å². The Balaban J connectivity index is 0.00000241. The first kappa shape index (κ1) is 31.6. The Morgan fingerprint density at radius 3 is 1.78 bits per heavy atom. The Bertz CT molecular complexity index is 1700. The topological polar surface area (TPSA) is 187 Å². The molecule has 1 aliphatic rings. The Kier molecular flexibility index (Phi) is 9.31. The van der Waals surface area contributed by atoms with Crippen molar-refractivity contribution in [2.75, 3.05) is 11.1 Å². The molecular formula is C23H18N2Na2O8S2. The summed E-state index contributed by atoms with van der Waals surface area (Å²) in [6, 6.07) is 8.12. The summed E-state index contributed by atoms with van der Waals surface area (Å²) in [6.45, 7) is 4.41. The van der Waals surface area contributed by atoms with Crippen LogP contribution in [0.15, 0.2) is 46.2 Å². The van der Waals surface area contributed by atoms with E-state index >= 15 is 0 Å². The van der Waals surface area contributed by atoms with Crippen LogP contribution >= 0.6 is 0 Å². The van der Waals surface area contributed by atoms with Crippen LogP contribution in [0.4, 0.5) is 17.1 Å². The van der Waals surface area contributed by atoms with Crippen LogP contribution in [0.2, 0.25) is 0 Å². The minimum atomic E-state index is -5.18. The van der Waals surface area contributed by atoms with Gasteiger partial charge in [0.15, 0.2) is 11.6 Å². The Hall–Kier alpha value is -1.58. The number of nitrogen functional groups attached to an aromatic ring is 1. The minimum absolute atomic E-state index is 0. The van der Waals surface area contributed by atoms with Crippen LogP contribution in [0.1, 0.15) is 48.5 Å². The van der Waals surface area contributed by atoms with Gasteiger partial charge < -0.3 is 20.2 Å². The number of nitrogens with one attached hydrogen (secondary N) is 1. The molecule has 0 radical (unpaired) electrons. The molecule has 0 saturated carbocycles. The van der Waals surface area contributed by atoms with Crippen LogP contribution in [0, 0.1) is 20.8 Å². The zero-order valence-corrected chi connectivity index (χ0v) is 26.3. The van der Waals surface area contributed by atoms with Crippen LogP contribution in [0.5, 0.6) is 0 Å². The fourth-order valence-electron chi connectivity index (χ4n) is 4.48. The molecule has 10 nitrogen and oxygen atoms in total. The fraction of sp³-hybridized carbons (Fsp3) is 0.130. The van der Waals surface area contributed by atoms with E-state index in [1.165, 1.54) is 38.1 Å². The number of carbonyl (C=O) groups is 2. The molecule has 0 atom stereocenters. The molecule has 0 unspecified atom stereocenters. The van der Waals surface area contributed by atoms with E-state index in [4.69, 9.17) is 5.73 Å². The molecule has 3 aromatic carbocycles. The molecule has 0 aromatic heterocycles. The van der Waals surface area contributed by atoms with Crippen molar-refractivity contribution >= 4 is 48.9 Å². The number of fused-ring (bicyclic) bond motifs is 2. The molecule has 0 fully saturated rings. The molecule has 182 valence electrons. The summed E-state index contributed by atoms with van der Waals surface area (Å²) < 4.78 is 71.5. The fourth-order valence-corrected chi connectivity index (χ4v) is 6.04. The largest absolute Gasteiger partial charge is 1.00 e. The molecule has 0 bridgehead atoms. The molecule has 0 spiro atoms. The van der Waals surface area contributed by atoms with E-state index in [1.807, 2.05) is 0 Å². The summed E-state index contributed by atoms with van der Waals surface area (Å²) in [6.07, 6.45) is 0. The number of benzene rings is 3. The number of rotatable bonds is 4. The van der Waals surface area contributed by atoms with Gasteiger partial charge in [0.2, 0.25) is 0 Å². The first-order chi connectivity index (χ1) is 16.1. The Labute approximate surface area is 258 Å². The third kappa shape index (κ3) is 5.46. The second kappa shape index (κ2) is 10.9. The van der Waals surface area contributed by atoms with Gasteiger partial charge in [-0.25, -0.2) is 16.8 Å². The summed E-state index contributed by atoms with van der Waals surface area (Å²) in [5, 5.41) is 2.79. The van der Waals surface area contributed by atoms with Gasteiger partial charge in [0.1, 0.15) is 20.2 Å². The van der Waals surface area contributed by atoms with E-state index in [9.17, 15) is 35.5 Å². The van der Waals surface area contributed by atoms with Gasteiger partial charge in [-0.15, -0.1) is 0 Å². The monoisotopic (exact) mass is 560 g/mol. The second-order valence-electron chi connectivity index (χ2n) is 8.16.